The van der Waals surface area contributed by atoms with Crippen LogP contribution in [0.4, 0.5) is 0 Å². The van der Waals surface area contributed by atoms with Gasteiger partial charge in [0, 0.05) is 18.4 Å². The van der Waals surface area contributed by atoms with Crippen LogP contribution < -0.4 is 0 Å². The van der Waals surface area contributed by atoms with E-state index in [9.17, 15) is 0 Å². The third kappa shape index (κ3) is 2.17. The Balaban J connectivity index is 2.25. The summed E-state index contributed by atoms with van der Waals surface area (Å²) in [6.07, 6.45) is 9.43. The maximum atomic E-state index is 5.31. The zero-order valence-corrected chi connectivity index (χ0v) is 10.4. The molecule has 15 heavy (non-hydrogen) atoms. The molecule has 0 bridgehead atoms. The van der Waals surface area contributed by atoms with Crippen molar-refractivity contribution in [1.29, 1.82) is 0 Å². The molecule has 2 atom stereocenters. The Hall–Kier alpha value is -0.570. The Morgan fingerprint density at radius 2 is 2.13 bits per heavy atom. The van der Waals surface area contributed by atoms with Crippen LogP contribution in [0.25, 0.3) is 0 Å². The van der Waals surface area contributed by atoms with E-state index in [0.29, 0.717) is 6.04 Å². The number of nitrogens with zero attached hydrogens (tertiary/aromatic N) is 1. The van der Waals surface area contributed by atoms with Crippen LogP contribution in [0.5, 0.6) is 0 Å². The SMILES string of the molecule is CC(C)C1CCCCC1n1cc[nH]c1=S. The zero-order chi connectivity index (χ0) is 10.8. The first-order valence-electron chi connectivity index (χ1n) is 5.95. The standard InChI is InChI=1S/C12H20N2S/c1-9(2)10-5-3-4-6-11(10)14-8-7-13-12(14)15/h7-11H,3-6H2,1-2H3,(H,13,15). The lowest BCUT2D eigenvalue weighted by Gasteiger charge is -2.35. The van der Waals surface area contributed by atoms with E-state index in [0.717, 1.165) is 16.6 Å². The summed E-state index contributed by atoms with van der Waals surface area (Å²) in [5.41, 5.74) is 0. The highest BCUT2D eigenvalue weighted by Crippen LogP contribution is 2.38. The maximum absolute atomic E-state index is 5.31. The largest absolute Gasteiger partial charge is 0.337 e. The molecule has 1 heterocycles. The number of nitrogens with one attached hydrogen (secondary N) is 1. The lowest BCUT2D eigenvalue weighted by molar-refractivity contribution is 0.183. The molecular formula is C12H20N2S. The number of hydrogen-bond acceptors (Lipinski definition) is 1. The third-order valence-electron chi connectivity index (χ3n) is 3.67. The van der Waals surface area contributed by atoms with E-state index in [-0.39, 0.29) is 0 Å². The fourth-order valence-electron chi connectivity index (χ4n) is 2.86. The van der Waals surface area contributed by atoms with E-state index in [1.807, 2.05) is 6.20 Å². The van der Waals surface area contributed by atoms with Gasteiger partial charge < -0.3 is 9.55 Å². The van der Waals surface area contributed by atoms with Crippen LogP contribution in [-0.2, 0) is 0 Å². The van der Waals surface area contributed by atoms with Crippen molar-refractivity contribution in [2.45, 2.75) is 45.6 Å². The first-order chi connectivity index (χ1) is 7.20. The van der Waals surface area contributed by atoms with Crippen LogP contribution >= 0.6 is 12.2 Å². The molecule has 0 radical (unpaired) electrons. The van der Waals surface area contributed by atoms with Crippen LogP contribution in [0.2, 0.25) is 0 Å². The van der Waals surface area contributed by atoms with E-state index in [2.05, 4.69) is 29.6 Å². The highest BCUT2D eigenvalue weighted by molar-refractivity contribution is 7.71. The highest BCUT2D eigenvalue weighted by Gasteiger charge is 2.28. The van der Waals surface area contributed by atoms with Crippen LogP contribution in [0.15, 0.2) is 12.4 Å². The van der Waals surface area contributed by atoms with Crippen LogP contribution in [-0.4, -0.2) is 9.55 Å². The third-order valence-corrected chi connectivity index (χ3v) is 4.00. The average molecular weight is 224 g/mol. The quantitative estimate of drug-likeness (QED) is 0.755. The minimum atomic E-state index is 0.623. The summed E-state index contributed by atoms with van der Waals surface area (Å²) in [6, 6.07) is 0.623. The van der Waals surface area contributed by atoms with Crippen LogP contribution in [0.3, 0.4) is 0 Å². The number of rotatable bonds is 2. The summed E-state index contributed by atoms with van der Waals surface area (Å²) in [5, 5.41) is 0. The molecule has 84 valence electrons. The van der Waals surface area contributed by atoms with Gasteiger partial charge in [-0.05, 0) is 36.9 Å². The minimum absolute atomic E-state index is 0.623. The highest BCUT2D eigenvalue weighted by atomic mass is 32.1. The molecule has 1 saturated carbocycles. The normalized spacial score (nSPS) is 27.1. The molecule has 2 unspecified atom stereocenters. The molecule has 1 aliphatic carbocycles. The van der Waals surface area contributed by atoms with Crippen molar-refractivity contribution in [1.82, 2.24) is 9.55 Å². The van der Waals surface area contributed by atoms with E-state index < -0.39 is 0 Å². The van der Waals surface area contributed by atoms with Gasteiger partial charge in [-0.1, -0.05) is 26.7 Å². The topological polar surface area (TPSA) is 20.7 Å². The van der Waals surface area contributed by atoms with Gasteiger partial charge in [-0.2, -0.15) is 0 Å². The molecular weight excluding hydrogens is 204 g/mol. The van der Waals surface area contributed by atoms with E-state index >= 15 is 0 Å². The molecule has 0 spiro atoms. The summed E-state index contributed by atoms with van der Waals surface area (Å²) in [5.74, 6) is 1.55. The molecule has 2 nitrogen and oxygen atoms in total. The molecule has 0 amide bonds. The van der Waals surface area contributed by atoms with E-state index in [1.165, 1.54) is 25.7 Å². The molecule has 1 N–H and O–H groups in total. The first kappa shape index (κ1) is 10.9. The summed E-state index contributed by atoms with van der Waals surface area (Å²) >= 11 is 5.31. The Morgan fingerprint density at radius 1 is 1.40 bits per heavy atom. The lowest BCUT2D eigenvalue weighted by atomic mass is 9.78. The zero-order valence-electron chi connectivity index (χ0n) is 9.57. The second-order valence-corrected chi connectivity index (χ2v) is 5.32. The maximum Gasteiger partial charge on any atom is 0.177 e. The van der Waals surface area contributed by atoms with Crippen LogP contribution in [0.1, 0.15) is 45.6 Å². The van der Waals surface area contributed by atoms with Gasteiger partial charge in [-0.25, -0.2) is 0 Å². The molecule has 1 aromatic heterocycles. The molecule has 1 aliphatic rings. The Morgan fingerprint density at radius 3 is 2.73 bits per heavy atom. The molecule has 3 heteroatoms. The smallest absolute Gasteiger partial charge is 0.177 e. The van der Waals surface area contributed by atoms with Gasteiger partial charge in [0.05, 0.1) is 0 Å². The minimum Gasteiger partial charge on any atom is -0.337 e. The van der Waals surface area contributed by atoms with Crippen molar-refractivity contribution >= 4 is 12.2 Å². The van der Waals surface area contributed by atoms with Gasteiger partial charge in [0.25, 0.3) is 0 Å². The molecule has 0 aliphatic heterocycles. The number of imidazole rings is 1. The molecule has 0 saturated heterocycles. The lowest BCUT2D eigenvalue weighted by Crippen LogP contribution is -2.26. The molecule has 1 fully saturated rings. The van der Waals surface area contributed by atoms with Gasteiger partial charge in [0.1, 0.15) is 0 Å². The van der Waals surface area contributed by atoms with Gasteiger partial charge >= 0.3 is 0 Å². The van der Waals surface area contributed by atoms with Crippen molar-refractivity contribution < 1.29 is 0 Å². The Bertz CT molecular complexity index is 364. The summed E-state index contributed by atoms with van der Waals surface area (Å²) < 4.78 is 3.15. The molecule has 2 rings (SSSR count). The monoisotopic (exact) mass is 224 g/mol. The van der Waals surface area contributed by atoms with Crippen molar-refractivity contribution in [3.8, 4) is 0 Å². The van der Waals surface area contributed by atoms with Gasteiger partial charge in [-0.15, -0.1) is 0 Å². The Kier molecular flexibility index (Phi) is 3.29. The van der Waals surface area contributed by atoms with Crippen molar-refractivity contribution in [2.24, 2.45) is 11.8 Å². The number of hydrogen-bond donors (Lipinski definition) is 1. The van der Waals surface area contributed by atoms with Crippen molar-refractivity contribution in [3.05, 3.63) is 17.2 Å². The fourth-order valence-corrected chi connectivity index (χ4v) is 3.12. The van der Waals surface area contributed by atoms with E-state index in [4.69, 9.17) is 12.2 Å². The fraction of sp³-hybridized carbons (Fsp3) is 0.750. The van der Waals surface area contributed by atoms with Crippen LogP contribution in [0, 0.1) is 16.6 Å². The predicted octanol–water partition coefficient (Wildman–Crippen LogP) is 3.93. The Labute approximate surface area is 96.7 Å². The number of aromatic amines is 1. The average Bonchev–Trinajstić information content (AvgIpc) is 2.64. The molecule has 0 aromatic carbocycles. The summed E-state index contributed by atoms with van der Waals surface area (Å²) in [4.78, 5) is 3.10. The van der Waals surface area contributed by atoms with Crippen molar-refractivity contribution in [2.75, 3.05) is 0 Å². The number of H-pyrrole nitrogens is 1. The van der Waals surface area contributed by atoms with E-state index in [1.54, 1.807) is 0 Å². The van der Waals surface area contributed by atoms with Gasteiger partial charge in [0.2, 0.25) is 0 Å². The first-order valence-corrected chi connectivity index (χ1v) is 6.36. The second kappa shape index (κ2) is 4.52. The summed E-state index contributed by atoms with van der Waals surface area (Å²) in [6.45, 7) is 4.67. The van der Waals surface area contributed by atoms with Gasteiger partial charge in [-0.3, -0.25) is 0 Å². The second-order valence-electron chi connectivity index (χ2n) is 4.93. The predicted molar refractivity (Wildman–Crippen MR) is 65.4 cm³/mol. The summed E-state index contributed by atoms with van der Waals surface area (Å²) in [7, 11) is 0. The van der Waals surface area contributed by atoms with Crippen molar-refractivity contribution in [3.63, 3.8) is 0 Å². The van der Waals surface area contributed by atoms with Gasteiger partial charge in [0.15, 0.2) is 4.77 Å². The molecule has 1 aromatic rings. The number of aromatic nitrogens is 2.